The van der Waals surface area contributed by atoms with Gasteiger partial charge in [-0.3, -0.25) is 4.79 Å². The highest BCUT2D eigenvalue weighted by molar-refractivity contribution is 7.09. The molecule has 1 rings (SSSR count). The first-order valence-corrected chi connectivity index (χ1v) is 5.29. The zero-order valence-corrected chi connectivity index (χ0v) is 9.26. The third-order valence-corrected chi connectivity index (χ3v) is 3.03. The Morgan fingerprint density at radius 1 is 1.64 bits per heavy atom. The largest absolute Gasteiger partial charge is 0.480 e. The predicted molar refractivity (Wildman–Crippen MR) is 55.6 cm³/mol. The molecule has 0 aliphatic heterocycles. The molecule has 1 atom stereocenters. The van der Waals surface area contributed by atoms with Crippen molar-refractivity contribution in [1.29, 1.82) is 0 Å². The number of thiazole rings is 1. The van der Waals surface area contributed by atoms with Crippen LogP contribution in [0.3, 0.4) is 0 Å². The number of hydrogen-bond acceptors (Lipinski definition) is 4. The molecule has 1 aromatic heterocycles. The van der Waals surface area contributed by atoms with Crippen LogP contribution in [-0.2, 0) is 4.79 Å². The van der Waals surface area contributed by atoms with Crippen molar-refractivity contribution in [1.82, 2.24) is 10.3 Å². The predicted octanol–water partition coefficient (Wildman–Crippen LogP) is 1.61. The number of carbonyl (C=O) groups is 1. The standard InChI is InChI=1S/C9H14N2O2S/c1-5(2)8-11-6(4-14-8)7(10-3)9(12)13/h4-5,7,10H,1-3H3,(H,12,13). The van der Waals surface area contributed by atoms with Crippen LogP contribution in [0.25, 0.3) is 0 Å². The number of aromatic nitrogens is 1. The molecule has 0 amide bonds. The van der Waals surface area contributed by atoms with E-state index in [1.807, 2.05) is 13.8 Å². The topological polar surface area (TPSA) is 62.2 Å². The molecule has 0 aliphatic rings. The van der Waals surface area contributed by atoms with Gasteiger partial charge >= 0.3 is 5.97 Å². The van der Waals surface area contributed by atoms with Crippen LogP contribution in [0.1, 0.15) is 36.5 Å². The summed E-state index contributed by atoms with van der Waals surface area (Å²) in [6.45, 7) is 4.08. The van der Waals surface area contributed by atoms with E-state index in [2.05, 4.69) is 10.3 Å². The van der Waals surface area contributed by atoms with Gasteiger partial charge < -0.3 is 10.4 Å². The van der Waals surface area contributed by atoms with Crippen molar-refractivity contribution < 1.29 is 9.90 Å². The van der Waals surface area contributed by atoms with Crippen LogP contribution >= 0.6 is 11.3 Å². The molecule has 78 valence electrons. The summed E-state index contributed by atoms with van der Waals surface area (Å²) in [5.41, 5.74) is 0.591. The first kappa shape index (κ1) is 11.1. The summed E-state index contributed by atoms with van der Waals surface area (Å²) < 4.78 is 0. The molecule has 14 heavy (non-hydrogen) atoms. The lowest BCUT2D eigenvalue weighted by atomic mass is 10.2. The van der Waals surface area contributed by atoms with Crippen LogP contribution in [0.2, 0.25) is 0 Å². The minimum Gasteiger partial charge on any atom is -0.480 e. The van der Waals surface area contributed by atoms with Crippen LogP contribution in [0.15, 0.2) is 5.38 Å². The molecule has 0 aromatic carbocycles. The van der Waals surface area contributed by atoms with Gasteiger partial charge in [0.05, 0.1) is 10.7 Å². The van der Waals surface area contributed by atoms with Crippen molar-refractivity contribution in [2.45, 2.75) is 25.8 Å². The second-order valence-electron chi connectivity index (χ2n) is 3.33. The lowest BCUT2D eigenvalue weighted by molar-refractivity contribution is -0.139. The van der Waals surface area contributed by atoms with Crippen LogP contribution < -0.4 is 5.32 Å². The minimum atomic E-state index is -0.895. The van der Waals surface area contributed by atoms with Gasteiger partial charge in [0.1, 0.15) is 6.04 Å². The average Bonchev–Trinajstić information content (AvgIpc) is 2.53. The number of carboxylic acids is 1. The summed E-state index contributed by atoms with van der Waals surface area (Å²) in [5.74, 6) is -0.548. The molecule has 1 unspecified atom stereocenters. The quantitative estimate of drug-likeness (QED) is 0.799. The molecular weight excluding hydrogens is 200 g/mol. The van der Waals surface area contributed by atoms with Gasteiger partial charge in [0.15, 0.2) is 0 Å². The van der Waals surface area contributed by atoms with E-state index in [1.165, 1.54) is 11.3 Å². The second kappa shape index (κ2) is 4.52. The normalized spacial score (nSPS) is 13.1. The van der Waals surface area contributed by atoms with Gasteiger partial charge in [-0.05, 0) is 7.05 Å². The number of likely N-dealkylation sites (N-methyl/N-ethyl adjacent to an activating group) is 1. The van der Waals surface area contributed by atoms with Gasteiger partial charge in [-0.2, -0.15) is 0 Å². The third-order valence-electron chi connectivity index (χ3n) is 1.87. The number of nitrogens with zero attached hydrogens (tertiary/aromatic N) is 1. The van der Waals surface area contributed by atoms with Crippen LogP contribution in [0, 0.1) is 0 Å². The number of nitrogens with one attached hydrogen (secondary N) is 1. The second-order valence-corrected chi connectivity index (χ2v) is 4.21. The molecule has 0 fully saturated rings. The fraction of sp³-hybridized carbons (Fsp3) is 0.556. The van der Waals surface area contributed by atoms with Crippen molar-refractivity contribution in [2.24, 2.45) is 0 Å². The molecule has 0 radical (unpaired) electrons. The summed E-state index contributed by atoms with van der Waals surface area (Å²) in [4.78, 5) is 15.1. The average molecular weight is 214 g/mol. The smallest absolute Gasteiger partial charge is 0.327 e. The molecule has 0 bridgehead atoms. The van der Waals surface area contributed by atoms with E-state index < -0.39 is 12.0 Å². The van der Waals surface area contributed by atoms with Crippen molar-refractivity contribution in [3.63, 3.8) is 0 Å². The van der Waals surface area contributed by atoms with Gasteiger partial charge in [-0.25, -0.2) is 4.98 Å². The lowest BCUT2D eigenvalue weighted by Crippen LogP contribution is -2.25. The third kappa shape index (κ3) is 2.30. The molecule has 1 heterocycles. The van der Waals surface area contributed by atoms with E-state index in [9.17, 15) is 4.79 Å². The van der Waals surface area contributed by atoms with E-state index >= 15 is 0 Å². The SMILES string of the molecule is CNC(C(=O)O)c1csc(C(C)C)n1. The van der Waals surface area contributed by atoms with E-state index in [-0.39, 0.29) is 0 Å². The monoisotopic (exact) mass is 214 g/mol. The Balaban J connectivity index is 2.89. The number of carboxylic acid groups (broad SMARTS) is 1. The molecule has 0 spiro atoms. The lowest BCUT2D eigenvalue weighted by Gasteiger charge is -2.07. The first-order valence-electron chi connectivity index (χ1n) is 4.41. The van der Waals surface area contributed by atoms with Crippen LogP contribution in [0.5, 0.6) is 0 Å². The fourth-order valence-electron chi connectivity index (χ4n) is 1.10. The zero-order chi connectivity index (χ0) is 10.7. The van der Waals surface area contributed by atoms with Crippen molar-refractivity contribution in [3.8, 4) is 0 Å². The molecule has 0 saturated carbocycles. The summed E-state index contributed by atoms with van der Waals surface area (Å²) in [6, 6.07) is -0.696. The highest BCUT2D eigenvalue weighted by atomic mass is 32.1. The van der Waals surface area contributed by atoms with E-state index in [0.717, 1.165) is 5.01 Å². The maximum atomic E-state index is 10.8. The highest BCUT2D eigenvalue weighted by Gasteiger charge is 2.20. The van der Waals surface area contributed by atoms with Crippen molar-refractivity contribution in [2.75, 3.05) is 7.05 Å². The highest BCUT2D eigenvalue weighted by Crippen LogP contribution is 2.22. The number of rotatable bonds is 4. The molecule has 5 heteroatoms. The van der Waals surface area contributed by atoms with E-state index in [4.69, 9.17) is 5.11 Å². The first-order chi connectivity index (χ1) is 6.56. The van der Waals surface area contributed by atoms with Gasteiger partial charge in [0, 0.05) is 11.3 Å². The van der Waals surface area contributed by atoms with Gasteiger partial charge in [0.25, 0.3) is 0 Å². The summed E-state index contributed by atoms with van der Waals surface area (Å²) in [7, 11) is 1.62. The molecule has 0 aliphatic carbocycles. The Kier molecular flexibility index (Phi) is 3.60. The van der Waals surface area contributed by atoms with E-state index in [0.29, 0.717) is 11.6 Å². The Morgan fingerprint density at radius 3 is 2.64 bits per heavy atom. The van der Waals surface area contributed by atoms with Crippen molar-refractivity contribution in [3.05, 3.63) is 16.1 Å². The Morgan fingerprint density at radius 2 is 2.29 bits per heavy atom. The Hall–Kier alpha value is -0.940. The van der Waals surface area contributed by atoms with Gasteiger partial charge in [0.2, 0.25) is 0 Å². The van der Waals surface area contributed by atoms with Crippen molar-refractivity contribution >= 4 is 17.3 Å². The molecular formula is C9H14N2O2S. The maximum absolute atomic E-state index is 10.8. The van der Waals surface area contributed by atoms with Gasteiger partial charge in [-0.15, -0.1) is 11.3 Å². The van der Waals surface area contributed by atoms with Crippen LogP contribution in [-0.4, -0.2) is 23.1 Å². The number of hydrogen-bond donors (Lipinski definition) is 2. The molecule has 0 saturated heterocycles. The van der Waals surface area contributed by atoms with E-state index in [1.54, 1.807) is 12.4 Å². The Labute approximate surface area is 87.0 Å². The number of aliphatic carboxylic acids is 1. The maximum Gasteiger partial charge on any atom is 0.327 e. The molecule has 1 aromatic rings. The summed E-state index contributed by atoms with van der Waals surface area (Å²) in [6.07, 6.45) is 0. The minimum absolute atomic E-state index is 0.347. The van der Waals surface area contributed by atoms with Crippen LogP contribution in [0.4, 0.5) is 0 Å². The summed E-state index contributed by atoms with van der Waals surface area (Å²) >= 11 is 1.50. The fourth-order valence-corrected chi connectivity index (χ4v) is 1.96. The molecule has 4 nitrogen and oxygen atoms in total. The summed E-state index contributed by atoms with van der Waals surface area (Å²) in [5, 5.41) is 14.4. The Bertz CT molecular complexity index is 322. The van der Waals surface area contributed by atoms with Gasteiger partial charge in [-0.1, -0.05) is 13.8 Å². The molecule has 2 N–H and O–H groups in total. The zero-order valence-electron chi connectivity index (χ0n) is 8.44.